The van der Waals surface area contributed by atoms with E-state index >= 15 is 0 Å². The van der Waals surface area contributed by atoms with Gasteiger partial charge in [-0.3, -0.25) is 0 Å². The highest BCUT2D eigenvalue weighted by Gasteiger charge is 2.15. The summed E-state index contributed by atoms with van der Waals surface area (Å²) in [5.74, 6) is 0.963. The molecule has 1 aromatic carbocycles. The van der Waals surface area contributed by atoms with E-state index in [1.165, 1.54) is 16.7 Å². The number of fused-ring (bicyclic) bond motifs is 1. The van der Waals surface area contributed by atoms with Crippen molar-refractivity contribution in [3.05, 3.63) is 47.7 Å². The Labute approximate surface area is 82.6 Å². The molecule has 0 saturated heterocycles. The average Bonchev–Trinajstić information content (AvgIpc) is 2.88. The van der Waals surface area contributed by atoms with Crippen molar-refractivity contribution in [1.82, 2.24) is 5.32 Å². The Kier molecular flexibility index (Phi) is 1.67. The lowest BCUT2D eigenvalue weighted by Crippen LogP contribution is -2.00. The summed E-state index contributed by atoms with van der Waals surface area (Å²) in [4.78, 5) is 0. The molecule has 1 aliphatic rings. The van der Waals surface area contributed by atoms with Gasteiger partial charge in [-0.15, -0.1) is 0 Å². The van der Waals surface area contributed by atoms with Crippen LogP contribution in [0.1, 0.15) is 11.1 Å². The third kappa shape index (κ3) is 1.08. The molecule has 3 rings (SSSR count). The van der Waals surface area contributed by atoms with Crippen molar-refractivity contribution in [3.63, 3.8) is 0 Å². The Balaban J connectivity index is 2.20. The second kappa shape index (κ2) is 3.00. The first-order valence-corrected chi connectivity index (χ1v) is 4.80. The number of benzene rings is 1. The Morgan fingerprint density at radius 3 is 2.93 bits per heavy atom. The van der Waals surface area contributed by atoms with Crippen LogP contribution in [-0.2, 0) is 13.1 Å². The molecule has 14 heavy (non-hydrogen) atoms. The Morgan fingerprint density at radius 2 is 2.07 bits per heavy atom. The molecule has 2 aromatic rings. The Bertz CT molecular complexity index is 445. The van der Waals surface area contributed by atoms with Crippen LogP contribution >= 0.6 is 0 Å². The van der Waals surface area contributed by atoms with Crippen LogP contribution in [0.4, 0.5) is 0 Å². The van der Waals surface area contributed by atoms with Crippen molar-refractivity contribution >= 4 is 0 Å². The fraction of sp³-hybridized carbons (Fsp3) is 0.167. The maximum absolute atomic E-state index is 5.42. The summed E-state index contributed by atoms with van der Waals surface area (Å²) in [5, 5.41) is 3.35. The minimum Gasteiger partial charge on any atom is -0.464 e. The van der Waals surface area contributed by atoms with Crippen molar-refractivity contribution in [2.24, 2.45) is 0 Å². The molecule has 70 valence electrons. The van der Waals surface area contributed by atoms with Crippen molar-refractivity contribution < 1.29 is 4.42 Å². The highest BCUT2D eigenvalue weighted by molar-refractivity contribution is 5.64. The topological polar surface area (TPSA) is 25.2 Å². The zero-order valence-electron chi connectivity index (χ0n) is 7.79. The quantitative estimate of drug-likeness (QED) is 0.738. The second-order valence-electron chi connectivity index (χ2n) is 3.52. The standard InChI is InChI=1S/C12H11NO/c1-3-9-7-13-8-11(9)10(4-1)12-5-2-6-14-12/h1-6,13H,7-8H2. The largest absolute Gasteiger partial charge is 0.464 e. The molecular weight excluding hydrogens is 174 g/mol. The molecule has 0 unspecified atom stereocenters. The molecule has 2 heteroatoms. The Hall–Kier alpha value is -1.54. The van der Waals surface area contributed by atoms with E-state index in [4.69, 9.17) is 4.42 Å². The highest BCUT2D eigenvalue weighted by atomic mass is 16.3. The minimum absolute atomic E-state index is 0.951. The van der Waals surface area contributed by atoms with Gasteiger partial charge in [0.15, 0.2) is 0 Å². The van der Waals surface area contributed by atoms with Crippen molar-refractivity contribution in [2.45, 2.75) is 13.1 Å². The van der Waals surface area contributed by atoms with Gasteiger partial charge in [-0.2, -0.15) is 0 Å². The first kappa shape index (κ1) is 7.83. The monoisotopic (exact) mass is 185 g/mol. The number of furan rings is 1. The maximum atomic E-state index is 5.42. The lowest BCUT2D eigenvalue weighted by atomic mass is 10.0. The first-order chi connectivity index (χ1) is 6.95. The van der Waals surface area contributed by atoms with Gasteiger partial charge in [0.25, 0.3) is 0 Å². The molecule has 0 saturated carbocycles. The van der Waals surface area contributed by atoms with Gasteiger partial charge in [0.2, 0.25) is 0 Å². The lowest BCUT2D eigenvalue weighted by Gasteiger charge is -2.03. The van der Waals surface area contributed by atoms with Gasteiger partial charge >= 0.3 is 0 Å². The fourth-order valence-electron chi connectivity index (χ4n) is 1.99. The normalized spacial score (nSPS) is 14.3. The third-order valence-corrected chi connectivity index (χ3v) is 2.68. The van der Waals surface area contributed by atoms with Crippen LogP contribution in [0.15, 0.2) is 41.0 Å². The smallest absolute Gasteiger partial charge is 0.134 e. The van der Waals surface area contributed by atoms with Crippen molar-refractivity contribution in [3.8, 4) is 11.3 Å². The van der Waals surface area contributed by atoms with Crippen LogP contribution < -0.4 is 5.32 Å². The van der Waals surface area contributed by atoms with Crippen LogP contribution in [0.25, 0.3) is 11.3 Å². The van der Waals surface area contributed by atoms with Crippen LogP contribution in [0.2, 0.25) is 0 Å². The highest BCUT2D eigenvalue weighted by Crippen LogP contribution is 2.29. The SMILES string of the molecule is c1coc(-c2cccc3c2CNC3)c1. The maximum Gasteiger partial charge on any atom is 0.134 e. The summed E-state index contributed by atoms with van der Waals surface area (Å²) >= 11 is 0. The summed E-state index contributed by atoms with van der Waals surface area (Å²) < 4.78 is 5.42. The van der Waals surface area contributed by atoms with E-state index in [-0.39, 0.29) is 0 Å². The van der Waals surface area contributed by atoms with Gasteiger partial charge < -0.3 is 9.73 Å². The van der Waals surface area contributed by atoms with Crippen LogP contribution in [0.5, 0.6) is 0 Å². The molecule has 0 atom stereocenters. The van der Waals surface area contributed by atoms with Crippen LogP contribution in [0.3, 0.4) is 0 Å². The lowest BCUT2D eigenvalue weighted by molar-refractivity contribution is 0.581. The number of nitrogens with one attached hydrogen (secondary N) is 1. The van der Waals surface area contributed by atoms with Gasteiger partial charge in [0, 0.05) is 18.7 Å². The zero-order chi connectivity index (χ0) is 9.38. The molecular formula is C12H11NO. The molecule has 0 radical (unpaired) electrons. The predicted molar refractivity (Wildman–Crippen MR) is 54.7 cm³/mol. The van der Waals surface area contributed by atoms with E-state index in [9.17, 15) is 0 Å². The molecule has 0 aliphatic carbocycles. The molecule has 0 amide bonds. The fourth-order valence-corrected chi connectivity index (χ4v) is 1.99. The summed E-state index contributed by atoms with van der Waals surface area (Å²) in [6.07, 6.45) is 1.72. The second-order valence-corrected chi connectivity index (χ2v) is 3.52. The first-order valence-electron chi connectivity index (χ1n) is 4.80. The van der Waals surface area contributed by atoms with Gasteiger partial charge in [-0.1, -0.05) is 18.2 Å². The van der Waals surface area contributed by atoms with Gasteiger partial charge in [0.05, 0.1) is 6.26 Å². The van der Waals surface area contributed by atoms with Gasteiger partial charge in [-0.05, 0) is 23.3 Å². The third-order valence-electron chi connectivity index (χ3n) is 2.68. The molecule has 1 aliphatic heterocycles. The molecule has 1 N–H and O–H groups in total. The van der Waals surface area contributed by atoms with Crippen LogP contribution in [-0.4, -0.2) is 0 Å². The number of rotatable bonds is 1. The molecule has 0 bridgehead atoms. The zero-order valence-corrected chi connectivity index (χ0v) is 7.79. The van der Waals surface area contributed by atoms with E-state index < -0.39 is 0 Å². The van der Waals surface area contributed by atoms with E-state index in [1.807, 2.05) is 12.1 Å². The molecule has 2 heterocycles. The molecule has 0 fully saturated rings. The summed E-state index contributed by atoms with van der Waals surface area (Å²) in [5.41, 5.74) is 3.99. The number of hydrogen-bond acceptors (Lipinski definition) is 2. The summed E-state index contributed by atoms with van der Waals surface area (Å²) in [6, 6.07) is 10.3. The van der Waals surface area contributed by atoms with Crippen molar-refractivity contribution in [1.29, 1.82) is 0 Å². The summed E-state index contributed by atoms with van der Waals surface area (Å²) in [7, 11) is 0. The number of hydrogen-bond donors (Lipinski definition) is 1. The van der Waals surface area contributed by atoms with E-state index in [1.54, 1.807) is 6.26 Å². The van der Waals surface area contributed by atoms with Gasteiger partial charge in [0.1, 0.15) is 5.76 Å². The van der Waals surface area contributed by atoms with Gasteiger partial charge in [-0.25, -0.2) is 0 Å². The molecule has 1 aromatic heterocycles. The minimum atomic E-state index is 0.951. The molecule has 2 nitrogen and oxygen atoms in total. The van der Waals surface area contributed by atoms with E-state index in [0.717, 1.165) is 18.8 Å². The Morgan fingerprint density at radius 1 is 1.07 bits per heavy atom. The van der Waals surface area contributed by atoms with E-state index in [2.05, 4.69) is 23.5 Å². The molecule has 0 spiro atoms. The van der Waals surface area contributed by atoms with Crippen molar-refractivity contribution in [2.75, 3.05) is 0 Å². The van der Waals surface area contributed by atoms with Crippen LogP contribution in [0, 0.1) is 0 Å². The predicted octanol–water partition coefficient (Wildman–Crippen LogP) is 2.55. The van der Waals surface area contributed by atoms with E-state index in [0.29, 0.717) is 0 Å². The average molecular weight is 185 g/mol. The summed E-state index contributed by atoms with van der Waals surface area (Å²) in [6.45, 7) is 1.93.